The Labute approximate surface area is 149 Å². The molecule has 1 amide bonds. The number of halogens is 2. The van der Waals surface area contributed by atoms with Gasteiger partial charge in [-0.2, -0.15) is 0 Å². The molecular formula is C14H26Cl2N4OS. The van der Waals surface area contributed by atoms with E-state index < -0.39 is 0 Å². The number of rotatable bonds is 4. The molecule has 2 N–H and O–H groups in total. The lowest BCUT2D eigenvalue weighted by Gasteiger charge is -2.27. The molecule has 0 aliphatic carbocycles. The fourth-order valence-electron chi connectivity index (χ4n) is 2.28. The molecule has 22 heavy (non-hydrogen) atoms. The van der Waals surface area contributed by atoms with Gasteiger partial charge in [0.2, 0.25) is 0 Å². The minimum absolute atomic E-state index is 0. The molecule has 0 atom stereocenters. The van der Waals surface area contributed by atoms with Gasteiger partial charge in [0.25, 0.3) is 5.91 Å². The van der Waals surface area contributed by atoms with E-state index in [0.29, 0.717) is 6.54 Å². The van der Waals surface area contributed by atoms with Gasteiger partial charge in [0.15, 0.2) is 0 Å². The molecule has 1 saturated heterocycles. The van der Waals surface area contributed by atoms with Gasteiger partial charge >= 0.3 is 0 Å². The van der Waals surface area contributed by atoms with Gasteiger partial charge in [-0.05, 0) is 0 Å². The predicted molar refractivity (Wildman–Crippen MR) is 97.0 cm³/mol. The molecule has 5 nitrogen and oxygen atoms in total. The van der Waals surface area contributed by atoms with Crippen molar-refractivity contribution in [2.75, 3.05) is 39.3 Å². The molecular weight excluding hydrogens is 343 g/mol. The monoisotopic (exact) mass is 368 g/mol. The second-order valence-corrected chi connectivity index (χ2v) is 6.98. The van der Waals surface area contributed by atoms with E-state index in [1.54, 1.807) is 5.51 Å². The van der Waals surface area contributed by atoms with E-state index in [2.05, 4.69) is 41.3 Å². The van der Waals surface area contributed by atoms with Crippen molar-refractivity contribution in [3.05, 3.63) is 16.1 Å². The summed E-state index contributed by atoms with van der Waals surface area (Å²) in [5.41, 5.74) is 2.55. The Morgan fingerprint density at radius 1 is 1.36 bits per heavy atom. The predicted octanol–water partition coefficient (Wildman–Crippen LogP) is 1.92. The molecule has 1 aliphatic heterocycles. The van der Waals surface area contributed by atoms with Crippen molar-refractivity contribution in [1.29, 1.82) is 0 Å². The first-order valence-electron chi connectivity index (χ1n) is 7.14. The minimum Gasteiger partial charge on any atom is -0.350 e. The quantitative estimate of drug-likeness (QED) is 0.852. The highest BCUT2D eigenvalue weighted by Crippen LogP contribution is 2.26. The lowest BCUT2D eigenvalue weighted by Crippen LogP contribution is -2.46. The average molecular weight is 369 g/mol. The molecule has 0 spiro atoms. The summed E-state index contributed by atoms with van der Waals surface area (Å²) in [6, 6.07) is 0. The van der Waals surface area contributed by atoms with Gasteiger partial charge in [-0.1, -0.05) is 20.8 Å². The molecule has 1 aliphatic rings. The van der Waals surface area contributed by atoms with Crippen molar-refractivity contribution in [2.24, 2.45) is 0 Å². The van der Waals surface area contributed by atoms with Crippen LogP contribution in [-0.2, 0) is 5.41 Å². The molecule has 0 saturated carbocycles. The highest BCUT2D eigenvalue weighted by Gasteiger charge is 2.24. The van der Waals surface area contributed by atoms with Gasteiger partial charge in [0.1, 0.15) is 4.88 Å². The Hall–Kier alpha value is -0.400. The maximum Gasteiger partial charge on any atom is 0.263 e. The Bertz CT molecular complexity index is 456. The third-order valence-electron chi connectivity index (χ3n) is 3.41. The van der Waals surface area contributed by atoms with E-state index in [4.69, 9.17) is 0 Å². The lowest BCUT2D eigenvalue weighted by atomic mass is 9.91. The van der Waals surface area contributed by atoms with Crippen LogP contribution in [0.5, 0.6) is 0 Å². The summed E-state index contributed by atoms with van der Waals surface area (Å²) in [6.07, 6.45) is 0. The van der Waals surface area contributed by atoms with Crippen LogP contribution in [-0.4, -0.2) is 55.1 Å². The molecule has 2 rings (SSSR count). The van der Waals surface area contributed by atoms with Gasteiger partial charge in [0, 0.05) is 44.7 Å². The van der Waals surface area contributed by atoms with Crippen LogP contribution in [0.3, 0.4) is 0 Å². The first-order chi connectivity index (χ1) is 9.48. The number of aromatic nitrogens is 1. The highest BCUT2D eigenvalue weighted by atomic mass is 35.5. The zero-order chi connectivity index (χ0) is 14.6. The van der Waals surface area contributed by atoms with Crippen LogP contribution in [0, 0.1) is 0 Å². The summed E-state index contributed by atoms with van der Waals surface area (Å²) < 4.78 is 0. The van der Waals surface area contributed by atoms with E-state index in [0.717, 1.165) is 43.3 Å². The zero-order valence-corrected chi connectivity index (χ0v) is 15.8. The number of hydrogen-bond acceptors (Lipinski definition) is 5. The van der Waals surface area contributed by atoms with Crippen molar-refractivity contribution in [2.45, 2.75) is 26.2 Å². The fourth-order valence-corrected chi connectivity index (χ4v) is 3.20. The number of thiazole rings is 1. The fraction of sp³-hybridized carbons (Fsp3) is 0.714. The third kappa shape index (κ3) is 6.01. The maximum absolute atomic E-state index is 12.2. The van der Waals surface area contributed by atoms with E-state index in [1.807, 2.05) is 0 Å². The van der Waals surface area contributed by atoms with E-state index in [9.17, 15) is 4.79 Å². The van der Waals surface area contributed by atoms with Crippen LogP contribution in [0.15, 0.2) is 5.51 Å². The van der Waals surface area contributed by atoms with Gasteiger partial charge < -0.3 is 10.6 Å². The van der Waals surface area contributed by atoms with Crippen LogP contribution in [0.4, 0.5) is 0 Å². The van der Waals surface area contributed by atoms with Crippen LogP contribution in [0.25, 0.3) is 0 Å². The molecule has 0 unspecified atom stereocenters. The summed E-state index contributed by atoms with van der Waals surface area (Å²) in [5.74, 6) is 0.00700. The zero-order valence-electron chi connectivity index (χ0n) is 13.3. The summed E-state index contributed by atoms with van der Waals surface area (Å²) in [7, 11) is 0. The van der Waals surface area contributed by atoms with Crippen molar-refractivity contribution in [3.63, 3.8) is 0 Å². The van der Waals surface area contributed by atoms with Crippen molar-refractivity contribution >= 4 is 42.1 Å². The average Bonchev–Trinajstić information content (AvgIpc) is 2.89. The Morgan fingerprint density at radius 3 is 2.59 bits per heavy atom. The summed E-state index contributed by atoms with van der Waals surface area (Å²) in [5, 5.41) is 6.34. The Balaban J connectivity index is 0.00000220. The number of carbonyl (C=O) groups excluding carboxylic acids is 1. The summed E-state index contributed by atoms with van der Waals surface area (Å²) in [6.45, 7) is 12.1. The second-order valence-electron chi connectivity index (χ2n) is 6.13. The molecule has 0 aromatic carbocycles. The second kappa shape index (κ2) is 9.67. The Morgan fingerprint density at radius 2 is 2.00 bits per heavy atom. The van der Waals surface area contributed by atoms with Crippen LogP contribution in [0.1, 0.15) is 36.1 Å². The van der Waals surface area contributed by atoms with Crippen molar-refractivity contribution in [3.8, 4) is 0 Å². The van der Waals surface area contributed by atoms with Gasteiger partial charge in [0.05, 0.1) is 11.2 Å². The molecule has 1 aromatic heterocycles. The molecule has 8 heteroatoms. The van der Waals surface area contributed by atoms with Crippen LogP contribution >= 0.6 is 36.2 Å². The topological polar surface area (TPSA) is 57.3 Å². The number of nitrogens with one attached hydrogen (secondary N) is 2. The van der Waals surface area contributed by atoms with Gasteiger partial charge in [-0.15, -0.1) is 36.2 Å². The molecule has 0 bridgehead atoms. The van der Waals surface area contributed by atoms with E-state index in [1.165, 1.54) is 11.3 Å². The van der Waals surface area contributed by atoms with Crippen molar-refractivity contribution < 1.29 is 4.79 Å². The lowest BCUT2D eigenvalue weighted by molar-refractivity contribution is 0.0949. The first kappa shape index (κ1) is 21.6. The largest absolute Gasteiger partial charge is 0.350 e. The van der Waals surface area contributed by atoms with Crippen molar-refractivity contribution in [1.82, 2.24) is 20.5 Å². The van der Waals surface area contributed by atoms with Gasteiger partial charge in [-0.3, -0.25) is 9.69 Å². The number of piperazine rings is 1. The number of carbonyl (C=O) groups is 1. The van der Waals surface area contributed by atoms with E-state index in [-0.39, 0.29) is 36.1 Å². The number of nitrogens with zero attached hydrogens (tertiary/aromatic N) is 2. The maximum atomic E-state index is 12.2. The molecule has 128 valence electrons. The van der Waals surface area contributed by atoms with Crippen LogP contribution < -0.4 is 10.6 Å². The normalized spacial score (nSPS) is 15.6. The molecule has 0 radical (unpaired) electrons. The summed E-state index contributed by atoms with van der Waals surface area (Å²) >= 11 is 1.42. The molecule has 1 fully saturated rings. The molecule has 2 heterocycles. The Kier molecular flexibility index (Phi) is 9.50. The number of amides is 1. The van der Waals surface area contributed by atoms with Crippen LogP contribution in [0.2, 0.25) is 0 Å². The third-order valence-corrected chi connectivity index (χ3v) is 4.23. The smallest absolute Gasteiger partial charge is 0.263 e. The SMILES string of the molecule is CC(C)(C)c1ncsc1C(=O)NCCN1CCNCC1.Cl.Cl. The molecule has 1 aromatic rings. The summed E-state index contributed by atoms with van der Waals surface area (Å²) in [4.78, 5) is 19.7. The number of hydrogen-bond donors (Lipinski definition) is 2. The van der Waals surface area contributed by atoms with E-state index >= 15 is 0 Å². The minimum atomic E-state index is -0.0921. The highest BCUT2D eigenvalue weighted by molar-refractivity contribution is 7.11. The van der Waals surface area contributed by atoms with Gasteiger partial charge in [-0.25, -0.2) is 4.98 Å². The standard InChI is InChI=1S/C14H24N4OS.2ClH/c1-14(2,3)12-11(20-10-17-12)13(19)16-6-9-18-7-4-15-5-8-18;;/h10,15H,4-9H2,1-3H3,(H,16,19);2*1H. The first-order valence-corrected chi connectivity index (χ1v) is 8.01.